The standard InChI is InChI=1S/C13H21N3O/c1-17-13-5-2-6-15-12(13)4-3-9-16-10-7-14-8-11-16/h2,5-6,14H,3-4,7-11H2,1H3. The molecule has 2 rings (SSSR count). The highest BCUT2D eigenvalue weighted by Crippen LogP contribution is 2.16. The molecule has 1 aromatic heterocycles. The van der Waals surface area contributed by atoms with E-state index in [9.17, 15) is 0 Å². The molecule has 0 aliphatic carbocycles. The predicted molar refractivity (Wildman–Crippen MR) is 68.4 cm³/mol. The van der Waals surface area contributed by atoms with Crippen molar-refractivity contribution in [2.75, 3.05) is 39.8 Å². The minimum Gasteiger partial charge on any atom is -0.495 e. The van der Waals surface area contributed by atoms with E-state index in [1.54, 1.807) is 7.11 Å². The average Bonchev–Trinajstić information content (AvgIpc) is 2.40. The van der Waals surface area contributed by atoms with Crippen LogP contribution in [0.3, 0.4) is 0 Å². The first-order valence-corrected chi connectivity index (χ1v) is 6.31. The smallest absolute Gasteiger partial charge is 0.140 e. The van der Waals surface area contributed by atoms with Crippen LogP contribution in [-0.2, 0) is 6.42 Å². The van der Waals surface area contributed by atoms with Crippen molar-refractivity contribution in [2.45, 2.75) is 12.8 Å². The molecule has 0 amide bonds. The van der Waals surface area contributed by atoms with Gasteiger partial charge < -0.3 is 15.0 Å². The molecule has 2 heterocycles. The maximum absolute atomic E-state index is 5.30. The second-order valence-electron chi connectivity index (χ2n) is 4.35. The van der Waals surface area contributed by atoms with Gasteiger partial charge in [-0.25, -0.2) is 0 Å². The van der Waals surface area contributed by atoms with Gasteiger partial charge in [0.05, 0.1) is 12.8 Å². The van der Waals surface area contributed by atoms with Crippen molar-refractivity contribution in [1.29, 1.82) is 0 Å². The molecule has 1 aromatic rings. The number of pyridine rings is 1. The summed E-state index contributed by atoms with van der Waals surface area (Å²) in [5.41, 5.74) is 1.07. The van der Waals surface area contributed by atoms with Crippen LogP contribution < -0.4 is 10.1 Å². The summed E-state index contributed by atoms with van der Waals surface area (Å²) in [5.74, 6) is 0.910. The van der Waals surface area contributed by atoms with Gasteiger partial charge in [-0.3, -0.25) is 4.98 Å². The quantitative estimate of drug-likeness (QED) is 0.824. The number of nitrogens with zero attached hydrogens (tertiary/aromatic N) is 2. The molecule has 0 saturated carbocycles. The number of rotatable bonds is 5. The molecule has 0 atom stereocenters. The number of methoxy groups -OCH3 is 1. The highest BCUT2D eigenvalue weighted by Gasteiger charge is 2.09. The SMILES string of the molecule is COc1cccnc1CCCN1CCNCC1. The molecule has 1 aliphatic heterocycles. The molecule has 17 heavy (non-hydrogen) atoms. The molecule has 0 aromatic carbocycles. The molecule has 0 radical (unpaired) electrons. The molecule has 1 saturated heterocycles. The molecule has 94 valence electrons. The van der Waals surface area contributed by atoms with Crippen molar-refractivity contribution in [2.24, 2.45) is 0 Å². The molecular weight excluding hydrogens is 214 g/mol. The van der Waals surface area contributed by atoms with Gasteiger partial charge in [-0.05, 0) is 31.5 Å². The van der Waals surface area contributed by atoms with Crippen LogP contribution in [0, 0.1) is 0 Å². The van der Waals surface area contributed by atoms with Crippen molar-refractivity contribution in [3.8, 4) is 5.75 Å². The van der Waals surface area contributed by atoms with Crippen LogP contribution in [0.2, 0.25) is 0 Å². The first-order chi connectivity index (χ1) is 8.40. The van der Waals surface area contributed by atoms with E-state index in [0.717, 1.165) is 43.9 Å². The van der Waals surface area contributed by atoms with Crippen LogP contribution in [0.1, 0.15) is 12.1 Å². The minimum atomic E-state index is 0.910. The number of ether oxygens (including phenoxy) is 1. The van der Waals surface area contributed by atoms with E-state index in [4.69, 9.17) is 4.74 Å². The Bertz CT molecular complexity index is 337. The predicted octanol–water partition coefficient (Wildman–Crippen LogP) is 0.928. The number of hydrogen-bond acceptors (Lipinski definition) is 4. The summed E-state index contributed by atoms with van der Waals surface area (Å²) in [6.07, 6.45) is 3.98. The summed E-state index contributed by atoms with van der Waals surface area (Å²) in [7, 11) is 1.71. The lowest BCUT2D eigenvalue weighted by Gasteiger charge is -2.27. The maximum atomic E-state index is 5.30. The molecule has 1 aliphatic rings. The summed E-state index contributed by atoms with van der Waals surface area (Å²) in [5, 5.41) is 3.37. The van der Waals surface area contributed by atoms with E-state index in [-0.39, 0.29) is 0 Å². The van der Waals surface area contributed by atoms with Crippen LogP contribution in [-0.4, -0.2) is 49.7 Å². The monoisotopic (exact) mass is 235 g/mol. The van der Waals surface area contributed by atoms with Crippen LogP contribution in [0.15, 0.2) is 18.3 Å². The van der Waals surface area contributed by atoms with Crippen LogP contribution in [0.25, 0.3) is 0 Å². The molecule has 0 spiro atoms. The lowest BCUT2D eigenvalue weighted by molar-refractivity contribution is 0.238. The molecule has 0 unspecified atom stereocenters. The van der Waals surface area contributed by atoms with Crippen molar-refractivity contribution in [3.05, 3.63) is 24.0 Å². The van der Waals surface area contributed by atoms with Crippen molar-refractivity contribution < 1.29 is 4.74 Å². The second kappa shape index (κ2) is 6.57. The van der Waals surface area contributed by atoms with Crippen LogP contribution >= 0.6 is 0 Å². The number of piperazine rings is 1. The van der Waals surface area contributed by atoms with Gasteiger partial charge in [0.1, 0.15) is 5.75 Å². The lowest BCUT2D eigenvalue weighted by atomic mass is 10.2. The molecular formula is C13H21N3O. The fraction of sp³-hybridized carbons (Fsp3) is 0.615. The largest absolute Gasteiger partial charge is 0.495 e. The summed E-state index contributed by atoms with van der Waals surface area (Å²) >= 11 is 0. The Labute approximate surface area is 103 Å². The Hall–Kier alpha value is -1.13. The lowest BCUT2D eigenvalue weighted by Crippen LogP contribution is -2.43. The van der Waals surface area contributed by atoms with Gasteiger partial charge in [0.25, 0.3) is 0 Å². The minimum absolute atomic E-state index is 0.910. The van der Waals surface area contributed by atoms with Crippen molar-refractivity contribution >= 4 is 0 Å². The third-order valence-corrected chi connectivity index (χ3v) is 3.17. The van der Waals surface area contributed by atoms with Gasteiger partial charge in [-0.2, -0.15) is 0 Å². The zero-order chi connectivity index (χ0) is 11.9. The van der Waals surface area contributed by atoms with Gasteiger partial charge in [-0.15, -0.1) is 0 Å². The maximum Gasteiger partial charge on any atom is 0.140 e. The van der Waals surface area contributed by atoms with E-state index >= 15 is 0 Å². The van der Waals surface area contributed by atoms with Gasteiger partial charge in [0, 0.05) is 32.4 Å². The number of aryl methyl sites for hydroxylation is 1. The molecule has 4 nitrogen and oxygen atoms in total. The number of hydrogen-bond donors (Lipinski definition) is 1. The molecule has 1 fully saturated rings. The van der Waals surface area contributed by atoms with E-state index in [0.29, 0.717) is 0 Å². The first kappa shape index (κ1) is 12.3. The van der Waals surface area contributed by atoms with Crippen molar-refractivity contribution in [1.82, 2.24) is 15.2 Å². The fourth-order valence-electron chi connectivity index (χ4n) is 2.20. The van der Waals surface area contributed by atoms with E-state index < -0.39 is 0 Å². The molecule has 0 bridgehead atoms. The average molecular weight is 235 g/mol. The van der Waals surface area contributed by atoms with Gasteiger partial charge in [-0.1, -0.05) is 0 Å². The van der Waals surface area contributed by atoms with Crippen LogP contribution in [0.5, 0.6) is 5.75 Å². The third-order valence-electron chi connectivity index (χ3n) is 3.17. The number of nitrogens with one attached hydrogen (secondary N) is 1. The highest BCUT2D eigenvalue weighted by atomic mass is 16.5. The Kier molecular flexibility index (Phi) is 4.76. The zero-order valence-electron chi connectivity index (χ0n) is 10.5. The summed E-state index contributed by atoms with van der Waals surface area (Å²) in [4.78, 5) is 6.88. The Morgan fingerprint density at radius 1 is 1.41 bits per heavy atom. The van der Waals surface area contributed by atoms with E-state index in [1.165, 1.54) is 13.1 Å². The molecule has 4 heteroatoms. The topological polar surface area (TPSA) is 37.4 Å². The third kappa shape index (κ3) is 3.68. The molecule has 1 N–H and O–H groups in total. The fourth-order valence-corrected chi connectivity index (χ4v) is 2.20. The van der Waals surface area contributed by atoms with E-state index in [1.807, 2.05) is 18.3 Å². The summed E-state index contributed by atoms with van der Waals surface area (Å²) < 4.78 is 5.30. The second-order valence-corrected chi connectivity index (χ2v) is 4.35. The van der Waals surface area contributed by atoms with Crippen LogP contribution in [0.4, 0.5) is 0 Å². The normalized spacial score (nSPS) is 17.0. The zero-order valence-corrected chi connectivity index (χ0v) is 10.5. The first-order valence-electron chi connectivity index (χ1n) is 6.31. The van der Waals surface area contributed by atoms with Crippen molar-refractivity contribution in [3.63, 3.8) is 0 Å². The van der Waals surface area contributed by atoms with Gasteiger partial charge >= 0.3 is 0 Å². The van der Waals surface area contributed by atoms with Gasteiger partial charge in [0.2, 0.25) is 0 Å². The Morgan fingerprint density at radius 2 is 2.24 bits per heavy atom. The number of aromatic nitrogens is 1. The van der Waals surface area contributed by atoms with E-state index in [2.05, 4.69) is 15.2 Å². The summed E-state index contributed by atoms with van der Waals surface area (Å²) in [6, 6.07) is 3.89. The Morgan fingerprint density at radius 3 is 3.00 bits per heavy atom. The summed E-state index contributed by atoms with van der Waals surface area (Å²) in [6.45, 7) is 5.72. The van der Waals surface area contributed by atoms with Gasteiger partial charge in [0.15, 0.2) is 0 Å². The Balaban J connectivity index is 1.77. The highest BCUT2D eigenvalue weighted by molar-refractivity contribution is 5.26.